The minimum atomic E-state index is -3.88. The second-order valence-electron chi connectivity index (χ2n) is 5.67. The number of carbonyl (C=O) groups is 1. The molecule has 0 saturated carbocycles. The van der Waals surface area contributed by atoms with Crippen molar-refractivity contribution >= 4 is 33.2 Å². The number of hydrogen-bond acceptors (Lipinski definition) is 3. The minimum Gasteiger partial charge on any atom is -0.325 e. The number of nitrogens with zero attached hydrogens (tertiary/aromatic N) is 1. The van der Waals surface area contributed by atoms with Crippen LogP contribution in [0.4, 0.5) is 5.69 Å². The molecule has 0 spiro atoms. The fraction of sp³-hybridized carbons (Fsp3) is 0.278. The topological polar surface area (TPSA) is 66.5 Å². The number of halogens is 1. The Kier molecular flexibility index (Phi) is 6.21. The zero-order valence-corrected chi connectivity index (χ0v) is 15.9. The summed E-state index contributed by atoms with van der Waals surface area (Å²) in [6.07, 6.45) is 0. The molecule has 1 amide bonds. The molecule has 1 atom stereocenters. The predicted octanol–water partition coefficient (Wildman–Crippen LogP) is 3.69. The van der Waals surface area contributed by atoms with Crippen LogP contribution < -0.4 is 5.32 Å². The summed E-state index contributed by atoms with van der Waals surface area (Å²) in [6, 6.07) is 12.6. The quantitative estimate of drug-likeness (QED) is 0.831. The molecule has 0 aliphatic heterocycles. The molecule has 134 valence electrons. The van der Waals surface area contributed by atoms with Crippen molar-refractivity contribution in [2.45, 2.75) is 31.7 Å². The van der Waals surface area contributed by atoms with E-state index in [1.807, 2.05) is 19.1 Å². The van der Waals surface area contributed by atoms with Crippen molar-refractivity contribution in [1.82, 2.24) is 4.31 Å². The molecule has 2 rings (SSSR count). The first kappa shape index (κ1) is 19.4. The van der Waals surface area contributed by atoms with Crippen LogP contribution in [0.1, 0.15) is 19.4 Å². The fourth-order valence-electron chi connectivity index (χ4n) is 2.45. The van der Waals surface area contributed by atoms with E-state index in [1.54, 1.807) is 38.1 Å². The summed E-state index contributed by atoms with van der Waals surface area (Å²) in [6.45, 7) is 5.34. The van der Waals surface area contributed by atoms with Gasteiger partial charge in [-0.05, 0) is 38.1 Å². The highest BCUT2D eigenvalue weighted by molar-refractivity contribution is 7.89. The van der Waals surface area contributed by atoms with Crippen LogP contribution in [-0.4, -0.2) is 31.2 Å². The van der Waals surface area contributed by atoms with Gasteiger partial charge in [-0.1, -0.05) is 48.4 Å². The average Bonchev–Trinajstić information content (AvgIpc) is 2.57. The molecule has 25 heavy (non-hydrogen) atoms. The second kappa shape index (κ2) is 7.99. The molecule has 2 aromatic rings. The lowest BCUT2D eigenvalue weighted by Gasteiger charge is -2.26. The van der Waals surface area contributed by atoms with Crippen molar-refractivity contribution in [2.75, 3.05) is 11.9 Å². The number of anilines is 1. The molecule has 5 nitrogen and oxygen atoms in total. The highest BCUT2D eigenvalue weighted by Gasteiger charge is 2.33. The molecule has 0 heterocycles. The third-order valence-corrected chi connectivity index (χ3v) is 6.41. The van der Waals surface area contributed by atoms with Crippen molar-refractivity contribution < 1.29 is 13.2 Å². The maximum atomic E-state index is 12.9. The third kappa shape index (κ3) is 4.39. The molecule has 0 aromatic heterocycles. The van der Waals surface area contributed by atoms with Gasteiger partial charge in [-0.3, -0.25) is 4.79 Å². The normalized spacial score (nSPS) is 12.8. The first-order chi connectivity index (χ1) is 11.8. The number of hydrogen-bond donors (Lipinski definition) is 1. The van der Waals surface area contributed by atoms with E-state index in [0.717, 1.165) is 9.87 Å². The van der Waals surface area contributed by atoms with Crippen molar-refractivity contribution in [1.29, 1.82) is 0 Å². The Labute approximate surface area is 153 Å². The number of nitrogens with one attached hydrogen (secondary N) is 1. The summed E-state index contributed by atoms with van der Waals surface area (Å²) in [4.78, 5) is 12.5. The molecule has 7 heteroatoms. The van der Waals surface area contributed by atoms with E-state index in [2.05, 4.69) is 5.32 Å². The number of amides is 1. The lowest BCUT2D eigenvalue weighted by molar-refractivity contribution is -0.119. The molecule has 0 fully saturated rings. The second-order valence-corrected chi connectivity index (χ2v) is 7.94. The molecule has 0 aliphatic rings. The maximum Gasteiger partial charge on any atom is 0.245 e. The number of sulfonamides is 1. The van der Waals surface area contributed by atoms with Crippen LogP contribution in [0.3, 0.4) is 0 Å². The van der Waals surface area contributed by atoms with Gasteiger partial charge in [0, 0.05) is 12.2 Å². The molecule has 1 N–H and O–H groups in total. The smallest absolute Gasteiger partial charge is 0.245 e. The van der Waals surface area contributed by atoms with Gasteiger partial charge in [0.1, 0.15) is 10.9 Å². The van der Waals surface area contributed by atoms with Gasteiger partial charge in [-0.25, -0.2) is 8.42 Å². The summed E-state index contributed by atoms with van der Waals surface area (Å²) in [5.41, 5.74) is 1.69. The summed E-state index contributed by atoms with van der Waals surface area (Å²) in [5.74, 6) is -0.402. The number of carbonyl (C=O) groups excluding carboxylic acids is 1. The van der Waals surface area contributed by atoms with Crippen molar-refractivity contribution in [2.24, 2.45) is 0 Å². The lowest BCUT2D eigenvalue weighted by Crippen LogP contribution is -2.45. The average molecular weight is 381 g/mol. The molecule has 0 radical (unpaired) electrons. The summed E-state index contributed by atoms with van der Waals surface area (Å²) in [7, 11) is -3.88. The van der Waals surface area contributed by atoms with E-state index < -0.39 is 22.0 Å². The first-order valence-electron chi connectivity index (χ1n) is 7.91. The van der Waals surface area contributed by atoms with E-state index in [0.29, 0.717) is 5.69 Å². The van der Waals surface area contributed by atoms with Crippen molar-refractivity contribution in [3.05, 3.63) is 59.1 Å². The molecule has 0 unspecified atom stereocenters. The van der Waals surface area contributed by atoms with Crippen LogP contribution >= 0.6 is 11.6 Å². The van der Waals surface area contributed by atoms with Gasteiger partial charge in [0.15, 0.2) is 0 Å². The van der Waals surface area contributed by atoms with E-state index in [4.69, 9.17) is 11.6 Å². The molecule has 0 bridgehead atoms. The number of aryl methyl sites for hydroxylation is 1. The molecule has 0 saturated heterocycles. The number of likely N-dealkylation sites (N-methyl/N-ethyl adjacent to an activating group) is 1. The van der Waals surface area contributed by atoms with Gasteiger partial charge in [-0.2, -0.15) is 4.31 Å². The van der Waals surface area contributed by atoms with Gasteiger partial charge >= 0.3 is 0 Å². The molecule has 2 aromatic carbocycles. The Bertz CT molecular complexity index is 851. The Morgan fingerprint density at radius 3 is 2.32 bits per heavy atom. The van der Waals surface area contributed by atoms with Gasteiger partial charge in [0.2, 0.25) is 15.9 Å². The SMILES string of the molecule is CCN([C@@H](C)C(=O)Nc1ccc(C)cc1)S(=O)(=O)c1ccccc1Cl. The minimum absolute atomic E-state index is 0.00602. The van der Waals surface area contributed by atoms with Crippen LogP contribution in [0.2, 0.25) is 5.02 Å². The third-order valence-electron chi connectivity index (χ3n) is 3.87. The number of benzene rings is 2. The van der Waals surface area contributed by atoms with Gasteiger partial charge < -0.3 is 5.32 Å². The van der Waals surface area contributed by atoms with Crippen LogP contribution in [-0.2, 0) is 14.8 Å². The van der Waals surface area contributed by atoms with E-state index in [1.165, 1.54) is 12.1 Å². The highest BCUT2D eigenvalue weighted by atomic mass is 35.5. The molecular weight excluding hydrogens is 360 g/mol. The van der Waals surface area contributed by atoms with E-state index in [-0.39, 0.29) is 16.5 Å². The van der Waals surface area contributed by atoms with Crippen LogP contribution in [0, 0.1) is 6.92 Å². The zero-order valence-electron chi connectivity index (χ0n) is 14.4. The maximum absolute atomic E-state index is 12.9. The Balaban J connectivity index is 2.25. The molecular formula is C18H21ClN2O3S. The monoisotopic (exact) mass is 380 g/mol. The standard InChI is InChI=1S/C18H21ClN2O3S/c1-4-21(25(23,24)17-8-6-5-7-16(17)19)14(3)18(22)20-15-11-9-13(2)10-12-15/h5-12,14H,4H2,1-3H3,(H,20,22)/t14-/m0/s1. The van der Waals surface area contributed by atoms with E-state index >= 15 is 0 Å². The summed E-state index contributed by atoms with van der Waals surface area (Å²) in [5, 5.41) is 2.88. The fourth-order valence-corrected chi connectivity index (χ4v) is 4.54. The Morgan fingerprint density at radius 1 is 1.16 bits per heavy atom. The lowest BCUT2D eigenvalue weighted by atomic mass is 10.2. The Hall–Kier alpha value is -1.89. The first-order valence-corrected chi connectivity index (χ1v) is 9.73. The number of rotatable bonds is 6. The van der Waals surface area contributed by atoms with Crippen LogP contribution in [0.25, 0.3) is 0 Å². The van der Waals surface area contributed by atoms with Gasteiger partial charge in [0.25, 0.3) is 0 Å². The summed E-state index contributed by atoms with van der Waals surface area (Å²) < 4.78 is 26.9. The Morgan fingerprint density at radius 2 is 1.76 bits per heavy atom. The van der Waals surface area contributed by atoms with Crippen molar-refractivity contribution in [3.63, 3.8) is 0 Å². The largest absolute Gasteiger partial charge is 0.325 e. The van der Waals surface area contributed by atoms with Crippen LogP contribution in [0.5, 0.6) is 0 Å². The van der Waals surface area contributed by atoms with Gasteiger partial charge in [0.05, 0.1) is 5.02 Å². The van der Waals surface area contributed by atoms with Crippen LogP contribution in [0.15, 0.2) is 53.4 Å². The van der Waals surface area contributed by atoms with Gasteiger partial charge in [-0.15, -0.1) is 0 Å². The molecule has 0 aliphatic carbocycles. The predicted molar refractivity (Wildman–Crippen MR) is 100 cm³/mol. The van der Waals surface area contributed by atoms with E-state index in [9.17, 15) is 13.2 Å². The zero-order chi connectivity index (χ0) is 18.6. The van der Waals surface area contributed by atoms with Crippen molar-refractivity contribution in [3.8, 4) is 0 Å². The summed E-state index contributed by atoms with van der Waals surface area (Å²) >= 11 is 6.03. The highest BCUT2D eigenvalue weighted by Crippen LogP contribution is 2.25.